The molecule has 6 nitrogen and oxygen atoms in total. The predicted octanol–water partition coefficient (Wildman–Crippen LogP) is 3.25. The van der Waals surface area contributed by atoms with E-state index in [0.29, 0.717) is 0 Å². The second-order valence-electron chi connectivity index (χ2n) is 7.00. The fraction of sp³-hybridized carbons (Fsp3) is 0.579. The van der Waals surface area contributed by atoms with E-state index >= 15 is 0 Å². The van der Waals surface area contributed by atoms with Gasteiger partial charge in [0.15, 0.2) is 0 Å². The van der Waals surface area contributed by atoms with Crippen LogP contribution in [0.15, 0.2) is 30.3 Å². The number of carboxylic acid groups (broad SMARTS) is 1. The molecule has 1 aliphatic carbocycles. The molecule has 2 N–H and O–H groups in total. The van der Waals surface area contributed by atoms with Crippen LogP contribution in [-0.2, 0) is 20.9 Å². The molecule has 6 heteroatoms. The lowest BCUT2D eigenvalue weighted by Gasteiger charge is -2.25. The molecule has 2 aliphatic rings. The van der Waals surface area contributed by atoms with Gasteiger partial charge in [0.05, 0.1) is 11.7 Å². The maximum absolute atomic E-state index is 11.9. The number of aliphatic carboxylic acids is 1. The maximum atomic E-state index is 11.9. The molecular formula is C19H25NO5. The van der Waals surface area contributed by atoms with Crippen molar-refractivity contribution in [2.75, 3.05) is 0 Å². The van der Waals surface area contributed by atoms with Crippen molar-refractivity contribution in [2.45, 2.75) is 69.3 Å². The van der Waals surface area contributed by atoms with Gasteiger partial charge in [-0.2, -0.15) is 0 Å². The van der Waals surface area contributed by atoms with Gasteiger partial charge in [-0.1, -0.05) is 43.2 Å². The molecule has 136 valence electrons. The lowest BCUT2D eigenvalue weighted by Crippen LogP contribution is -2.43. The molecule has 2 atom stereocenters. The summed E-state index contributed by atoms with van der Waals surface area (Å²) < 4.78 is 11.3. The number of carboxylic acids is 1. The van der Waals surface area contributed by atoms with Crippen LogP contribution in [0.5, 0.6) is 0 Å². The summed E-state index contributed by atoms with van der Waals surface area (Å²) in [5, 5.41) is 11.9. The first kappa shape index (κ1) is 17.7. The summed E-state index contributed by atoms with van der Waals surface area (Å²) in [6.07, 6.45) is 5.77. The predicted molar refractivity (Wildman–Crippen MR) is 91.1 cm³/mol. The van der Waals surface area contributed by atoms with E-state index in [1.165, 1.54) is 12.8 Å². The molecular weight excluding hydrogens is 322 g/mol. The zero-order valence-corrected chi connectivity index (χ0v) is 14.3. The molecule has 1 saturated heterocycles. The summed E-state index contributed by atoms with van der Waals surface area (Å²) >= 11 is 0. The normalized spacial score (nSPS) is 22.6. The summed E-state index contributed by atoms with van der Waals surface area (Å²) in [5.41, 5.74) is 0.813. The highest BCUT2D eigenvalue weighted by molar-refractivity contribution is 5.79. The average molecular weight is 347 g/mol. The van der Waals surface area contributed by atoms with Crippen LogP contribution < -0.4 is 5.32 Å². The van der Waals surface area contributed by atoms with E-state index in [0.717, 1.165) is 31.2 Å². The van der Waals surface area contributed by atoms with E-state index in [1.54, 1.807) is 0 Å². The Morgan fingerprint density at radius 2 is 1.96 bits per heavy atom. The quantitative estimate of drug-likeness (QED) is 0.825. The largest absolute Gasteiger partial charge is 0.480 e. The summed E-state index contributed by atoms with van der Waals surface area (Å²) in [6.45, 7) is 0.113. The van der Waals surface area contributed by atoms with Gasteiger partial charge in [0.2, 0.25) is 0 Å². The lowest BCUT2D eigenvalue weighted by atomic mass is 9.97. The smallest absolute Gasteiger partial charge is 0.408 e. The highest BCUT2D eigenvalue weighted by Crippen LogP contribution is 2.44. The zero-order valence-electron chi connectivity index (χ0n) is 14.3. The molecule has 1 heterocycles. The number of rotatable bonds is 6. The number of hydrogen-bond acceptors (Lipinski definition) is 4. The topological polar surface area (TPSA) is 84.9 Å². The van der Waals surface area contributed by atoms with Crippen molar-refractivity contribution in [1.82, 2.24) is 5.32 Å². The number of carbonyl (C=O) groups is 2. The molecule has 1 aliphatic heterocycles. The third-order valence-electron chi connectivity index (χ3n) is 5.15. The van der Waals surface area contributed by atoms with E-state index in [2.05, 4.69) is 5.32 Å². The van der Waals surface area contributed by atoms with Crippen molar-refractivity contribution in [1.29, 1.82) is 0 Å². The van der Waals surface area contributed by atoms with Crippen LogP contribution in [0.1, 0.15) is 50.5 Å². The Balaban J connectivity index is 1.48. The van der Waals surface area contributed by atoms with Crippen molar-refractivity contribution in [3.8, 4) is 0 Å². The average Bonchev–Trinajstić information content (AvgIpc) is 3.23. The number of nitrogens with one attached hydrogen (secondary N) is 1. The Kier molecular flexibility index (Phi) is 5.58. The van der Waals surface area contributed by atoms with Crippen LogP contribution >= 0.6 is 0 Å². The van der Waals surface area contributed by atoms with E-state index in [4.69, 9.17) is 9.47 Å². The maximum Gasteiger partial charge on any atom is 0.408 e. The van der Waals surface area contributed by atoms with E-state index in [1.807, 2.05) is 30.3 Å². The fourth-order valence-electron chi connectivity index (χ4n) is 3.84. The van der Waals surface area contributed by atoms with Gasteiger partial charge in [-0.3, -0.25) is 0 Å². The second-order valence-corrected chi connectivity index (χ2v) is 7.00. The summed E-state index contributed by atoms with van der Waals surface area (Å²) in [4.78, 5) is 23.4. The Morgan fingerprint density at radius 3 is 2.64 bits per heavy atom. The number of carbonyl (C=O) groups excluding carboxylic acids is 1. The first-order valence-electron chi connectivity index (χ1n) is 8.94. The Bertz CT molecular complexity index is 597. The van der Waals surface area contributed by atoms with Crippen LogP contribution in [-0.4, -0.2) is 34.9 Å². The number of alkyl carbamates (subject to hydrolysis) is 1. The molecule has 2 unspecified atom stereocenters. The molecule has 25 heavy (non-hydrogen) atoms. The fourth-order valence-corrected chi connectivity index (χ4v) is 3.84. The SMILES string of the molecule is O=C(NC(CC1CCC2(CCCC2)O1)C(=O)O)OCc1ccccc1. The lowest BCUT2D eigenvalue weighted by molar-refractivity contribution is -0.141. The van der Waals surface area contributed by atoms with Gasteiger partial charge in [0.25, 0.3) is 0 Å². The minimum Gasteiger partial charge on any atom is -0.480 e. The first-order valence-corrected chi connectivity index (χ1v) is 8.94. The van der Waals surface area contributed by atoms with Gasteiger partial charge in [-0.15, -0.1) is 0 Å². The van der Waals surface area contributed by atoms with Crippen molar-refractivity contribution < 1.29 is 24.2 Å². The van der Waals surface area contributed by atoms with E-state index in [-0.39, 0.29) is 24.7 Å². The molecule has 0 bridgehead atoms. The molecule has 0 radical (unpaired) electrons. The Labute approximate surface area is 147 Å². The first-order chi connectivity index (χ1) is 12.1. The Hall–Kier alpha value is -2.08. The molecule has 1 amide bonds. The summed E-state index contributed by atoms with van der Waals surface area (Å²) in [5.74, 6) is -1.06. The minimum atomic E-state index is -1.06. The number of amides is 1. The third-order valence-corrected chi connectivity index (χ3v) is 5.15. The standard InChI is InChI=1S/C19H25NO5/c21-17(22)16(12-15-8-11-19(25-15)9-4-5-10-19)20-18(23)24-13-14-6-2-1-3-7-14/h1-3,6-7,15-16H,4-5,8-13H2,(H,20,23)(H,21,22). The van der Waals surface area contributed by atoms with Crippen LogP contribution in [0.25, 0.3) is 0 Å². The number of ether oxygens (including phenoxy) is 2. The van der Waals surface area contributed by atoms with Gasteiger partial charge >= 0.3 is 12.1 Å². The van der Waals surface area contributed by atoms with Crippen molar-refractivity contribution in [3.63, 3.8) is 0 Å². The van der Waals surface area contributed by atoms with Crippen LogP contribution in [0.3, 0.4) is 0 Å². The number of hydrogen-bond donors (Lipinski definition) is 2. The van der Waals surface area contributed by atoms with Gasteiger partial charge in [0.1, 0.15) is 12.6 Å². The van der Waals surface area contributed by atoms with Crippen LogP contribution in [0.4, 0.5) is 4.79 Å². The molecule has 2 fully saturated rings. The van der Waals surface area contributed by atoms with Gasteiger partial charge < -0.3 is 19.9 Å². The van der Waals surface area contributed by atoms with Gasteiger partial charge in [-0.05, 0) is 31.2 Å². The number of benzene rings is 1. The Morgan fingerprint density at radius 1 is 1.24 bits per heavy atom. The second kappa shape index (κ2) is 7.87. The third kappa shape index (κ3) is 4.72. The van der Waals surface area contributed by atoms with Crippen LogP contribution in [0, 0.1) is 0 Å². The molecule has 0 aromatic heterocycles. The molecule has 1 saturated carbocycles. The molecule has 1 spiro atoms. The van der Waals surface area contributed by atoms with Crippen molar-refractivity contribution in [3.05, 3.63) is 35.9 Å². The van der Waals surface area contributed by atoms with Crippen LogP contribution in [0.2, 0.25) is 0 Å². The monoisotopic (exact) mass is 347 g/mol. The molecule has 1 aromatic carbocycles. The van der Waals surface area contributed by atoms with Gasteiger partial charge in [-0.25, -0.2) is 9.59 Å². The van der Waals surface area contributed by atoms with Crippen molar-refractivity contribution >= 4 is 12.1 Å². The van der Waals surface area contributed by atoms with E-state index < -0.39 is 18.1 Å². The summed E-state index contributed by atoms with van der Waals surface area (Å²) in [6, 6.07) is 8.28. The minimum absolute atomic E-state index is 0.0401. The van der Waals surface area contributed by atoms with Crippen molar-refractivity contribution in [2.24, 2.45) is 0 Å². The zero-order chi connectivity index (χ0) is 17.7. The van der Waals surface area contributed by atoms with E-state index in [9.17, 15) is 14.7 Å². The summed E-state index contributed by atoms with van der Waals surface area (Å²) in [7, 11) is 0. The molecule has 1 aromatic rings. The molecule has 3 rings (SSSR count). The highest BCUT2D eigenvalue weighted by Gasteiger charge is 2.43. The highest BCUT2D eigenvalue weighted by atomic mass is 16.5. The van der Waals surface area contributed by atoms with Gasteiger partial charge in [0, 0.05) is 6.42 Å².